The molecule has 1 amide bonds. The van der Waals surface area contributed by atoms with E-state index in [0.29, 0.717) is 22.0 Å². The van der Waals surface area contributed by atoms with Crippen LogP contribution in [0.4, 0.5) is 5.69 Å². The summed E-state index contributed by atoms with van der Waals surface area (Å²) in [5.41, 5.74) is 2.78. The van der Waals surface area contributed by atoms with E-state index in [0.717, 1.165) is 10.6 Å². The summed E-state index contributed by atoms with van der Waals surface area (Å²) in [5, 5.41) is 11.6. The number of hydrogen-bond acceptors (Lipinski definition) is 6. The van der Waals surface area contributed by atoms with Crippen molar-refractivity contribution in [3.05, 3.63) is 86.8 Å². The molecular formula is C25H25N3O3S. The predicted molar refractivity (Wildman–Crippen MR) is 125 cm³/mol. The number of carbonyl (C=O) groups excluding carboxylic acids is 2. The smallest absolute Gasteiger partial charge is 0.294 e. The number of rotatable bonds is 4. The molecule has 0 aliphatic carbocycles. The van der Waals surface area contributed by atoms with Crippen LogP contribution < -0.4 is 4.90 Å². The SMILES string of the molecule is Cc1nc(C)c(C(=O)C2=C(O)C(=O)N(c3ccc(C(C)(C)C)cc3)C2c2ccccn2)s1. The molecule has 0 bridgehead atoms. The molecule has 0 spiro atoms. The minimum atomic E-state index is -0.835. The topological polar surface area (TPSA) is 83.4 Å². The summed E-state index contributed by atoms with van der Waals surface area (Å²) >= 11 is 1.26. The first-order valence-electron chi connectivity index (χ1n) is 10.4. The molecule has 1 aliphatic heterocycles. The van der Waals surface area contributed by atoms with Crippen molar-refractivity contribution < 1.29 is 14.7 Å². The first kappa shape index (κ1) is 21.9. The molecule has 3 aromatic rings. The number of amides is 1. The van der Waals surface area contributed by atoms with Crippen molar-refractivity contribution in [1.82, 2.24) is 9.97 Å². The number of carbonyl (C=O) groups is 2. The van der Waals surface area contributed by atoms with Gasteiger partial charge in [0.1, 0.15) is 6.04 Å². The van der Waals surface area contributed by atoms with Crippen LogP contribution >= 0.6 is 11.3 Å². The minimum absolute atomic E-state index is 0.0281. The first-order valence-corrected chi connectivity index (χ1v) is 11.2. The van der Waals surface area contributed by atoms with Crippen LogP contribution in [0.15, 0.2) is 60.0 Å². The minimum Gasteiger partial charge on any atom is -0.503 e. The predicted octanol–water partition coefficient (Wildman–Crippen LogP) is 5.24. The zero-order valence-electron chi connectivity index (χ0n) is 18.7. The second-order valence-corrected chi connectivity index (χ2v) is 10.1. The van der Waals surface area contributed by atoms with E-state index in [1.165, 1.54) is 16.2 Å². The molecule has 1 N–H and O–H groups in total. The maximum Gasteiger partial charge on any atom is 0.294 e. The van der Waals surface area contributed by atoms with Gasteiger partial charge in [-0.2, -0.15) is 0 Å². The van der Waals surface area contributed by atoms with Gasteiger partial charge in [0.15, 0.2) is 5.76 Å². The zero-order chi connectivity index (χ0) is 23.2. The fourth-order valence-electron chi connectivity index (χ4n) is 3.91. The van der Waals surface area contributed by atoms with Crippen LogP contribution in [0.3, 0.4) is 0 Å². The fraction of sp³-hybridized carbons (Fsp3) is 0.280. The summed E-state index contributed by atoms with van der Waals surface area (Å²) in [6.07, 6.45) is 1.61. The molecule has 0 fully saturated rings. The average Bonchev–Trinajstić information content (AvgIpc) is 3.23. The number of aromatic nitrogens is 2. The number of nitrogens with zero attached hydrogens (tertiary/aromatic N) is 3. The Kier molecular flexibility index (Phi) is 5.46. The second-order valence-electron chi connectivity index (χ2n) is 8.87. The molecule has 4 rings (SSSR count). The van der Waals surface area contributed by atoms with E-state index in [2.05, 4.69) is 30.7 Å². The maximum absolute atomic E-state index is 13.5. The summed E-state index contributed by atoms with van der Waals surface area (Å²) in [6, 6.07) is 12.1. The van der Waals surface area contributed by atoms with Crippen molar-refractivity contribution >= 4 is 28.7 Å². The van der Waals surface area contributed by atoms with Crippen molar-refractivity contribution in [1.29, 1.82) is 0 Å². The van der Waals surface area contributed by atoms with Crippen LogP contribution in [0.2, 0.25) is 0 Å². The number of benzene rings is 1. The van der Waals surface area contributed by atoms with Gasteiger partial charge in [0.2, 0.25) is 5.78 Å². The molecule has 1 aromatic carbocycles. The Balaban J connectivity index is 1.84. The number of Topliss-reactive ketones (excluding diaryl/α,β-unsaturated/α-hetero) is 1. The Labute approximate surface area is 191 Å². The molecule has 7 heteroatoms. The molecule has 1 atom stereocenters. The number of aliphatic hydroxyl groups is 1. The molecule has 0 saturated carbocycles. The van der Waals surface area contributed by atoms with Crippen LogP contribution in [-0.4, -0.2) is 26.8 Å². The van der Waals surface area contributed by atoms with Gasteiger partial charge in [0.05, 0.1) is 26.8 Å². The van der Waals surface area contributed by atoms with E-state index >= 15 is 0 Å². The van der Waals surface area contributed by atoms with Gasteiger partial charge in [-0.3, -0.25) is 19.5 Å². The molecule has 0 saturated heterocycles. The van der Waals surface area contributed by atoms with Crippen molar-refractivity contribution in [2.45, 2.75) is 46.1 Å². The maximum atomic E-state index is 13.5. The van der Waals surface area contributed by atoms with Crippen LogP contribution in [0, 0.1) is 13.8 Å². The highest BCUT2D eigenvalue weighted by atomic mass is 32.1. The number of anilines is 1. The van der Waals surface area contributed by atoms with Gasteiger partial charge in [-0.1, -0.05) is 39.0 Å². The molecule has 1 unspecified atom stereocenters. The highest BCUT2D eigenvalue weighted by Gasteiger charge is 2.46. The van der Waals surface area contributed by atoms with E-state index in [1.54, 1.807) is 31.3 Å². The Hall–Kier alpha value is -3.32. The molecule has 6 nitrogen and oxygen atoms in total. The average molecular weight is 448 g/mol. The number of thiazole rings is 1. The third kappa shape index (κ3) is 3.73. The lowest BCUT2D eigenvalue weighted by molar-refractivity contribution is -0.117. The third-order valence-electron chi connectivity index (χ3n) is 5.54. The van der Waals surface area contributed by atoms with Crippen LogP contribution in [-0.2, 0) is 10.2 Å². The Bertz CT molecular complexity index is 1220. The third-order valence-corrected chi connectivity index (χ3v) is 6.61. The van der Waals surface area contributed by atoms with Gasteiger partial charge >= 0.3 is 0 Å². The summed E-state index contributed by atoms with van der Waals surface area (Å²) < 4.78 is 0. The quantitative estimate of drug-likeness (QED) is 0.553. The highest BCUT2D eigenvalue weighted by molar-refractivity contribution is 7.14. The lowest BCUT2D eigenvalue weighted by atomic mass is 9.87. The molecule has 0 radical (unpaired) electrons. The number of aliphatic hydroxyl groups excluding tert-OH is 1. The monoisotopic (exact) mass is 447 g/mol. The normalized spacial score (nSPS) is 16.7. The summed E-state index contributed by atoms with van der Waals surface area (Å²) in [4.78, 5) is 37.4. The second kappa shape index (κ2) is 7.98. The van der Waals surface area contributed by atoms with Crippen LogP contribution in [0.25, 0.3) is 0 Å². The van der Waals surface area contributed by atoms with Crippen molar-refractivity contribution in [2.24, 2.45) is 0 Å². The molecular weight excluding hydrogens is 422 g/mol. The summed E-state index contributed by atoms with van der Waals surface area (Å²) in [6.45, 7) is 9.92. The number of ketones is 1. The van der Waals surface area contributed by atoms with Gasteiger partial charge in [-0.15, -0.1) is 11.3 Å². The molecule has 32 heavy (non-hydrogen) atoms. The molecule has 1 aliphatic rings. The zero-order valence-corrected chi connectivity index (χ0v) is 19.5. The van der Waals surface area contributed by atoms with Crippen molar-refractivity contribution in [3.8, 4) is 0 Å². The molecule has 2 aromatic heterocycles. The lowest BCUT2D eigenvalue weighted by Gasteiger charge is -2.27. The van der Waals surface area contributed by atoms with E-state index in [1.807, 2.05) is 31.2 Å². The Morgan fingerprint density at radius 3 is 2.31 bits per heavy atom. The Morgan fingerprint density at radius 2 is 1.78 bits per heavy atom. The van der Waals surface area contributed by atoms with Gasteiger partial charge < -0.3 is 5.11 Å². The van der Waals surface area contributed by atoms with Gasteiger partial charge in [0.25, 0.3) is 5.91 Å². The first-order chi connectivity index (χ1) is 15.1. The highest BCUT2D eigenvalue weighted by Crippen LogP contribution is 2.42. The largest absolute Gasteiger partial charge is 0.503 e. The fourth-order valence-corrected chi connectivity index (χ4v) is 4.78. The number of hydrogen-bond donors (Lipinski definition) is 1. The lowest BCUT2D eigenvalue weighted by Crippen LogP contribution is -2.31. The van der Waals surface area contributed by atoms with Crippen LogP contribution in [0.1, 0.15) is 58.4 Å². The standard InChI is InChI=1S/C25H25N3O3S/c1-14-23(32-15(2)27-14)21(29)19-20(18-8-6-7-13-26-18)28(24(31)22(19)30)17-11-9-16(10-12-17)25(3,4)5/h6-13,20,30H,1-5H3. The Morgan fingerprint density at radius 1 is 1.09 bits per heavy atom. The van der Waals surface area contributed by atoms with E-state index < -0.39 is 23.5 Å². The van der Waals surface area contributed by atoms with Crippen LogP contribution in [0.5, 0.6) is 0 Å². The van der Waals surface area contributed by atoms with Crippen molar-refractivity contribution in [3.63, 3.8) is 0 Å². The van der Waals surface area contributed by atoms with E-state index in [4.69, 9.17) is 0 Å². The van der Waals surface area contributed by atoms with Gasteiger partial charge in [-0.25, -0.2) is 4.98 Å². The van der Waals surface area contributed by atoms with Gasteiger partial charge in [-0.05, 0) is 49.1 Å². The van der Waals surface area contributed by atoms with E-state index in [9.17, 15) is 14.7 Å². The number of pyridine rings is 1. The molecule has 3 heterocycles. The summed E-state index contributed by atoms with van der Waals surface area (Å²) in [5.74, 6) is -1.56. The van der Waals surface area contributed by atoms with E-state index in [-0.39, 0.29) is 11.0 Å². The number of aryl methyl sites for hydroxylation is 2. The van der Waals surface area contributed by atoms with Gasteiger partial charge in [0, 0.05) is 11.9 Å². The molecule has 164 valence electrons. The van der Waals surface area contributed by atoms with Crippen molar-refractivity contribution in [2.75, 3.05) is 4.90 Å². The summed E-state index contributed by atoms with van der Waals surface area (Å²) in [7, 11) is 0.